The quantitative estimate of drug-likeness (QED) is 0.618. The second-order valence-electron chi connectivity index (χ2n) is 4.82. The fourth-order valence-corrected chi connectivity index (χ4v) is 3.26. The summed E-state index contributed by atoms with van der Waals surface area (Å²) in [6.45, 7) is 1.93. The number of anilines is 1. The molecule has 2 N–H and O–H groups in total. The fourth-order valence-electron chi connectivity index (χ4n) is 2.33. The van der Waals surface area contributed by atoms with Gasteiger partial charge in [0.25, 0.3) is 0 Å². The normalized spacial score (nSPS) is 14.5. The van der Waals surface area contributed by atoms with Crippen LogP contribution in [-0.4, -0.2) is 38.5 Å². The van der Waals surface area contributed by atoms with Gasteiger partial charge < -0.3 is 15.4 Å². The number of methoxy groups -OCH3 is 1. The van der Waals surface area contributed by atoms with E-state index in [1.807, 2.05) is 16.7 Å². The van der Waals surface area contributed by atoms with Gasteiger partial charge in [-0.15, -0.1) is 11.8 Å². The molecule has 0 radical (unpaired) electrons. The van der Waals surface area contributed by atoms with E-state index in [-0.39, 0.29) is 5.91 Å². The highest BCUT2D eigenvalue weighted by Crippen LogP contribution is 2.31. The lowest BCUT2D eigenvalue weighted by atomic mass is 10.0. The summed E-state index contributed by atoms with van der Waals surface area (Å²) in [5.41, 5.74) is 7.82. The first-order valence-electron chi connectivity index (χ1n) is 7.01. The number of fused-ring (bicyclic) bond motifs is 1. The molecule has 0 unspecified atom stereocenters. The Morgan fingerprint density at radius 2 is 2.25 bits per heavy atom. The molecule has 0 atom stereocenters. The molecule has 4 nitrogen and oxygen atoms in total. The van der Waals surface area contributed by atoms with Crippen molar-refractivity contribution in [2.24, 2.45) is 5.73 Å². The van der Waals surface area contributed by atoms with Crippen molar-refractivity contribution in [1.82, 2.24) is 0 Å². The van der Waals surface area contributed by atoms with Crippen LogP contribution in [0.1, 0.15) is 18.4 Å². The van der Waals surface area contributed by atoms with Gasteiger partial charge in [-0.2, -0.15) is 0 Å². The third kappa shape index (κ3) is 3.75. The summed E-state index contributed by atoms with van der Waals surface area (Å²) in [5.74, 6) is 1.24. The summed E-state index contributed by atoms with van der Waals surface area (Å²) in [6, 6.07) is 6.37. The maximum absolute atomic E-state index is 12.0. The number of amides is 1. The molecule has 1 aliphatic rings. The molecular weight excluding hydrogens is 272 g/mol. The lowest BCUT2D eigenvalue weighted by Gasteiger charge is -2.29. The van der Waals surface area contributed by atoms with Crippen molar-refractivity contribution in [2.75, 3.05) is 37.5 Å². The molecule has 110 valence electrons. The molecule has 1 aliphatic heterocycles. The number of aryl methyl sites for hydroxylation is 1. The minimum atomic E-state index is 0.193. The van der Waals surface area contributed by atoms with E-state index < -0.39 is 0 Å². The van der Waals surface area contributed by atoms with Crippen LogP contribution < -0.4 is 10.6 Å². The molecule has 0 saturated heterocycles. The maximum Gasteiger partial charge on any atom is 0.227 e. The van der Waals surface area contributed by atoms with Crippen LogP contribution in [0.2, 0.25) is 0 Å². The lowest BCUT2D eigenvalue weighted by molar-refractivity contribution is -0.119. The van der Waals surface area contributed by atoms with Crippen LogP contribution >= 0.6 is 11.8 Å². The molecule has 0 aromatic heterocycles. The summed E-state index contributed by atoms with van der Waals surface area (Å²) in [7, 11) is 1.66. The van der Waals surface area contributed by atoms with Crippen LogP contribution in [0.4, 0.5) is 5.69 Å². The molecule has 1 aromatic carbocycles. The summed E-state index contributed by atoms with van der Waals surface area (Å²) in [4.78, 5) is 15.1. The molecule has 5 heteroatoms. The van der Waals surface area contributed by atoms with E-state index >= 15 is 0 Å². The van der Waals surface area contributed by atoms with E-state index in [0.717, 1.165) is 30.8 Å². The van der Waals surface area contributed by atoms with Crippen LogP contribution in [0.25, 0.3) is 0 Å². The van der Waals surface area contributed by atoms with Gasteiger partial charge in [-0.05, 0) is 48.9 Å². The predicted molar refractivity (Wildman–Crippen MR) is 83.4 cm³/mol. The number of nitrogens with two attached hydrogens (primary N) is 1. The second kappa shape index (κ2) is 7.67. The second-order valence-corrected chi connectivity index (χ2v) is 5.99. The van der Waals surface area contributed by atoms with E-state index in [0.29, 0.717) is 19.6 Å². The molecule has 0 bridgehead atoms. The van der Waals surface area contributed by atoms with Gasteiger partial charge in [0, 0.05) is 30.7 Å². The molecule has 0 aliphatic carbocycles. The number of rotatable bonds is 7. The topological polar surface area (TPSA) is 55.6 Å². The van der Waals surface area contributed by atoms with Crippen molar-refractivity contribution >= 4 is 23.4 Å². The van der Waals surface area contributed by atoms with Crippen molar-refractivity contribution in [2.45, 2.75) is 24.2 Å². The Hall–Kier alpha value is -1.04. The van der Waals surface area contributed by atoms with Crippen LogP contribution in [0.15, 0.2) is 23.1 Å². The van der Waals surface area contributed by atoms with Gasteiger partial charge in [-0.3, -0.25) is 4.79 Å². The molecular formula is C15H22N2O2S. The van der Waals surface area contributed by atoms with Crippen molar-refractivity contribution in [3.63, 3.8) is 0 Å². The van der Waals surface area contributed by atoms with Crippen LogP contribution in [0.3, 0.4) is 0 Å². The number of ether oxygens (including phenoxy) is 1. The van der Waals surface area contributed by atoms with Crippen molar-refractivity contribution in [3.8, 4) is 0 Å². The first kappa shape index (κ1) is 15.4. The maximum atomic E-state index is 12.0. The Morgan fingerprint density at radius 1 is 1.40 bits per heavy atom. The molecule has 1 heterocycles. The molecule has 0 saturated carbocycles. The monoisotopic (exact) mass is 294 g/mol. The zero-order chi connectivity index (χ0) is 14.4. The van der Waals surface area contributed by atoms with Gasteiger partial charge in [0.05, 0.1) is 6.61 Å². The molecule has 2 rings (SSSR count). The van der Waals surface area contributed by atoms with Crippen molar-refractivity contribution < 1.29 is 9.53 Å². The van der Waals surface area contributed by atoms with Gasteiger partial charge in [0.1, 0.15) is 0 Å². The highest BCUT2D eigenvalue weighted by Gasteiger charge is 2.23. The number of carbonyl (C=O) groups excluding carboxylic acids is 1. The fraction of sp³-hybridized carbons (Fsp3) is 0.533. The molecule has 1 amide bonds. The minimum absolute atomic E-state index is 0.193. The smallest absolute Gasteiger partial charge is 0.227 e. The number of hydrogen-bond donors (Lipinski definition) is 1. The van der Waals surface area contributed by atoms with E-state index in [1.165, 1.54) is 10.5 Å². The van der Waals surface area contributed by atoms with Gasteiger partial charge >= 0.3 is 0 Å². The van der Waals surface area contributed by atoms with Gasteiger partial charge in [0.2, 0.25) is 5.91 Å². The molecule has 1 aromatic rings. The van der Waals surface area contributed by atoms with Crippen molar-refractivity contribution in [1.29, 1.82) is 0 Å². The largest absolute Gasteiger partial charge is 0.383 e. The Balaban J connectivity index is 2.11. The number of carbonyl (C=O) groups is 1. The summed E-state index contributed by atoms with van der Waals surface area (Å²) in [5, 5.41) is 0. The van der Waals surface area contributed by atoms with Crippen molar-refractivity contribution in [3.05, 3.63) is 23.8 Å². The Morgan fingerprint density at radius 3 is 3.00 bits per heavy atom. The SMILES string of the molecule is COCCN1C(=O)CCc2cc(SCCCN)ccc21. The van der Waals surface area contributed by atoms with E-state index in [2.05, 4.69) is 18.2 Å². The third-order valence-corrected chi connectivity index (χ3v) is 4.47. The van der Waals surface area contributed by atoms with E-state index in [9.17, 15) is 4.79 Å². The molecule has 0 spiro atoms. The van der Waals surface area contributed by atoms with E-state index in [1.54, 1.807) is 7.11 Å². The number of benzene rings is 1. The zero-order valence-electron chi connectivity index (χ0n) is 11.9. The van der Waals surface area contributed by atoms with Crippen LogP contribution in [-0.2, 0) is 16.0 Å². The summed E-state index contributed by atoms with van der Waals surface area (Å²) >= 11 is 1.83. The van der Waals surface area contributed by atoms with Gasteiger partial charge in [-0.25, -0.2) is 0 Å². The number of hydrogen-bond acceptors (Lipinski definition) is 4. The van der Waals surface area contributed by atoms with Crippen LogP contribution in [0, 0.1) is 0 Å². The average Bonchev–Trinajstić information content (AvgIpc) is 2.46. The first-order valence-corrected chi connectivity index (χ1v) is 8.00. The average molecular weight is 294 g/mol. The molecule has 20 heavy (non-hydrogen) atoms. The number of thioether (sulfide) groups is 1. The summed E-state index contributed by atoms with van der Waals surface area (Å²) in [6.07, 6.45) is 2.46. The zero-order valence-corrected chi connectivity index (χ0v) is 12.7. The van der Waals surface area contributed by atoms with Gasteiger partial charge in [0.15, 0.2) is 0 Å². The number of nitrogens with zero attached hydrogens (tertiary/aromatic N) is 1. The standard InChI is InChI=1S/C15H22N2O2S/c1-19-9-8-17-14-5-4-13(20-10-2-7-16)11-12(14)3-6-15(17)18/h4-5,11H,2-3,6-10,16H2,1H3. The predicted octanol–water partition coefficient (Wildman–Crippen LogP) is 2.05. The third-order valence-electron chi connectivity index (χ3n) is 3.39. The lowest BCUT2D eigenvalue weighted by Crippen LogP contribution is -2.37. The Bertz CT molecular complexity index is 465. The van der Waals surface area contributed by atoms with Crippen LogP contribution in [0.5, 0.6) is 0 Å². The van der Waals surface area contributed by atoms with Gasteiger partial charge in [-0.1, -0.05) is 0 Å². The molecule has 0 fully saturated rings. The highest BCUT2D eigenvalue weighted by atomic mass is 32.2. The first-order chi connectivity index (χ1) is 9.76. The Kier molecular flexibility index (Phi) is 5.88. The van der Waals surface area contributed by atoms with E-state index in [4.69, 9.17) is 10.5 Å². The Labute approximate surface area is 124 Å². The minimum Gasteiger partial charge on any atom is -0.383 e. The highest BCUT2D eigenvalue weighted by molar-refractivity contribution is 7.99. The summed E-state index contributed by atoms with van der Waals surface area (Å²) < 4.78 is 5.09.